The molecular weight excluding hydrogens is 204 g/mol. The van der Waals surface area contributed by atoms with Crippen LogP contribution in [0.5, 0.6) is 0 Å². The summed E-state index contributed by atoms with van der Waals surface area (Å²) >= 11 is 2.16. The van der Waals surface area contributed by atoms with Crippen molar-refractivity contribution in [2.24, 2.45) is 5.92 Å². The van der Waals surface area contributed by atoms with Gasteiger partial charge < -0.3 is 10.2 Å². The van der Waals surface area contributed by atoms with E-state index in [1.807, 2.05) is 0 Å². The minimum Gasteiger partial charge on any atom is -0.313 e. The fourth-order valence-electron chi connectivity index (χ4n) is 2.75. The zero-order valence-electron chi connectivity index (χ0n) is 10.0. The summed E-state index contributed by atoms with van der Waals surface area (Å²) in [6.45, 7) is 6.15. The van der Waals surface area contributed by atoms with Gasteiger partial charge in [-0.1, -0.05) is 6.92 Å². The molecule has 0 amide bonds. The van der Waals surface area contributed by atoms with E-state index in [4.69, 9.17) is 0 Å². The second kappa shape index (κ2) is 5.55. The van der Waals surface area contributed by atoms with E-state index in [1.165, 1.54) is 44.6 Å². The monoisotopic (exact) mass is 228 g/mol. The van der Waals surface area contributed by atoms with Gasteiger partial charge in [0.05, 0.1) is 0 Å². The van der Waals surface area contributed by atoms with E-state index in [-0.39, 0.29) is 0 Å². The molecule has 0 saturated carbocycles. The second-order valence-electron chi connectivity index (χ2n) is 5.18. The van der Waals surface area contributed by atoms with Crippen LogP contribution in [-0.4, -0.2) is 48.6 Å². The average molecular weight is 228 g/mol. The lowest BCUT2D eigenvalue weighted by atomic mass is 9.94. The maximum Gasteiger partial charge on any atom is 0.0172 e. The molecule has 0 aromatic carbocycles. The minimum absolute atomic E-state index is 0.766. The first-order valence-corrected chi connectivity index (χ1v) is 7.34. The molecule has 2 heterocycles. The molecule has 1 N–H and O–H groups in total. The predicted molar refractivity (Wildman–Crippen MR) is 68.5 cm³/mol. The number of nitrogens with zero attached hydrogens (tertiary/aromatic N) is 1. The van der Waals surface area contributed by atoms with Crippen molar-refractivity contribution < 1.29 is 0 Å². The molecule has 2 rings (SSSR count). The number of piperidine rings is 1. The van der Waals surface area contributed by atoms with Gasteiger partial charge in [0.15, 0.2) is 0 Å². The quantitative estimate of drug-likeness (QED) is 0.793. The fourth-order valence-corrected chi connectivity index (χ4v) is 3.96. The third-order valence-corrected chi connectivity index (χ3v) is 5.14. The van der Waals surface area contributed by atoms with Crippen molar-refractivity contribution in [3.05, 3.63) is 0 Å². The number of nitrogens with one attached hydrogen (secondary N) is 1. The number of hydrogen-bond acceptors (Lipinski definition) is 3. The van der Waals surface area contributed by atoms with Gasteiger partial charge in [-0.25, -0.2) is 0 Å². The van der Waals surface area contributed by atoms with Crippen LogP contribution in [0.15, 0.2) is 0 Å². The third kappa shape index (κ3) is 3.36. The van der Waals surface area contributed by atoms with Gasteiger partial charge in [0.2, 0.25) is 0 Å². The second-order valence-corrected chi connectivity index (χ2v) is 6.59. The van der Waals surface area contributed by atoms with E-state index in [0.717, 1.165) is 17.2 Å². The third-order valence-electron chi connectivity index (χ3n) is 3.74. The Labute approximate surface area is 98.2 Å². The van der Waals surface area contributed by atoms with E-state index in [2.05, 4.69) is 35.9 Å². The van der Waals surface area contributed by atoms with Crippen LogP contribution in [0.2, 0.25) is 0 Å². The van der Waals surface area contributed by atoms with Crippen LogP contribution in [0, 0.1) is 5.92 Å². The first-order valence-electron chi connectivity index (χ1n) is 6.29. The molecular formula is C12H24N2S. The molecule has 2 saturated heterocycles. The van der Waals surface area contributed by atoms with Crippen LogP contribution in [0.3, 0.4) is 0 Å². The Morgan fingerprint density at radius 1 is 1.40 bits per heavy atom. The van der Waals surface area contributed by atoms with E-state index in [1.54, 1.807) is 0 Å². The van der Waals surface area contributed by atoms with Crippen LogP contribution < -0.4 is 5.32 Å². The van der Waals surface area contributed by atoms with Gasteiger partial charge in [-0.3, -0.25) is 0 Å². The van der Waals surface area contributed by atoms with Crippen LogP contribution in [-0.2, 0) is 0 Å². The van der Waals surface area contributed by atoms with Crippen LogP contribution in [0.4, 0.5) is 0 Å². The molecule has 3 unspecified atom stereocenters. The minimum atomic E-state index is 0.766. The van der Waals surface area contributed by atoms with Crippen molar-refractivity contribution in [1.82, 2.24) is 10.2 Å². The number of hydrogen-bond donors (Lipinski definition) is 1. The Hall–Kier alpha value is 0.270. The van der Waals surface area contributed by atoms with Crippen molar-refractivity contribution in [3.8, 4) is 0 Å². The Bertz CT molecular complexity index is 192. The molecule has 0 aromatic heterocycles. The van der Waals surface area contributed by atoms with Crippen molar-refractivity contribution in [2.75, 3.05) is 32.4 Å². The highest BCUT2D eigenvalue weighted by atomic mass is 32.2. The first-order chi connectivity index (χ1) is 7.25. The Morgan fingerprint density at radius 2 is 2.27 bits per heavy atom. The van der Waals surface area contributed by atoms with Crippen molar-refractivity contribution in [3.63, 3.8) is 0 Å². The van der Waals surface area contributed by atoms with Gasteiger partial charge in [0, 0.05) is 24.4 Å². The highest BCUT2D eigenvalue weighted by Crippen LogP contribution is 2.26. The van der Waals surface area contributed by atoms with Crippen LogP contribution in [0.25, 0.3) is 0 Å². The molecule has 88 valence electrons. The van der Waals surface area contributed by atoms with Gasteiger partial charge in [0.25, 0.3) is 0 Å². The molecule has 2 fully saturated rings. The summed E-state index contributed by atoms with van der Waals surface area (Å²) in [5, 5.41) is 4.69. The lowest BCUT2D eigenvalue weighted by Crippen LogP contribution is -2.48. The summed E-state index contributed by atoms with van der Waals surface area (Å²) in [5.41, 5.74) is 0. The molecule has 15 heavy (non-hydrogen) atoms. The topological polar surface area (TPSA) is 15.3 Å². The highest BCUT2D eigenvalue weighted by molar-refractivity contribution is 8.00. The summed E-state index contributed by atoms with van der Waals surface area (Å²) in [4.78, 5) is 2.45. The van der Waals surface area contributed by atoms with Crippen molar-refractivity contribution in [2.45, 2.75) is 37.5 Å². The summed E-state index contributed by atoms with van der Waals surface area (Å²) in [5.74, 6) is 2.20. The number of likely N-dealkylation sites (tertiary alicyclic amines) is 1. The Morgan fingerprint density at radius 3 is 2.93 bits per heavy atom. The van der Waals surface area contributed by atoms with Gasteiger partial charge in [-0.15, -0.1) is 0 Å². The Kier molecular flexibility index (Phi) is 4.35. The van der Waals surface area contributed by atoms with E-state index < -0.39 is 0 Å². The molecule has 0 aromatic rings. The smallest absolute Gasteiger partial charge is 0.0172 e. The molecule has 3 atom stereocenters. The molecule has 0 bridgehead atoms. The lowest BCUT2D eigenvalue weighted by Gasteiger charge is -2.35. The molecule has 0 aliphatic carbocycles. The van der Waals surface area contributed by atoms with Crippen molar-refractivity contribution in [1.29, 1.82) is 0 Å². The van der Waals surface area contributed by atoms with E-state index in [9.17, 15) is 0 Å². The molecule has 0 radical (unpaired) electrons. The maximum absolute atomic E-state index is 3.79. The van der Waals surface area contributed by atoms with Crippen LogP contribution >= 0.6 is 11.8 Å². The summed E-state index contributed by atoms with van der Waals surface area (Å²) < 4.78 is 0. The average Bonchev–Trinajstić information content (AvgIpc) is 2.69. The lowest BCUT2D eigenvalue weighted by molar-refractivity contribution is 0.175. The Balaban J connectivity index is 1.69. The summed E-state index contributed by atoms with van der Waals surface area (Å²) in [6, 6.07) is 0.766. The van der Waals surface area contributed by atoms with E-state index >= 15 is 0 Å². The fraction of sp³-hybridized carbons (Fsp3) is 1.00. The first kappa shape index (κ1) is 11.7. The zero-order valence-corrected chi connectivity index (χ0v) is 10.9. The predicted octanol–water partition coefficient (Wildman–Crippen LogP) is 1.81. The molecule has 2 aliphatic rings. The van der Waals surface area contributed by atoms with Gasteiger partial charge in [0.1, 0.15) is 0 Å². The standard InChI is InChI=1S/C12H24N2S/c1-10-9-14(2)6-5-12(10)13-8-11-4-3-7-15-11/h10-13H,3-9H2,1-2H3. The van der Waals surface area contributed by atoms with E-state index in [0.29, 0.717) is 0 Å². The maximum atomic E-state index is 3.79. The van der Waals surface area contributed by atoms with Gasteiger partial charge >= 0.3 is 0 Å². The number of thioether (sulfide) groups is 1. The molecule has 3 heteroatoms. The molecule has 2 aliphatic heterocycles. The SMILES string of the molecule is CC1CN(C)CCC1NCC1CCCS1. The molecule has 0 spiro atoms. The molecule has 2 nitrogen and oxygen atoms in total. The number of rotatable bonds is 3. The van der Waals surface area contributed by atoms with Crippen LogP contribution in [0.1, 0.15) is 26.2 Å². The normalized spacial score (nSPS) is 38.4. The largest absolute Gasteiger partial charge is 0.313 e. The highest BCUT2D eigenvalue weighted by Gasteiger charge is 2.25. The summed E-state index contributed by atoms with van der Waals surface area (Å²) in [7, 11) is 2.24. The summed E-state index contributed by atoms with van der Waals surface area (Å²) in [6.07, 6.45) is 4.19. The van der Waals surface area contributed by atoms with Crippen molar-refractivity contribution >= 4 is 11.8 Å². The zero-order chi connectivity index (χ0) is 10.7. The van der Waals surface area contributed by atoms with Gasteiger partial charge in [-0.2, -0.15) is 11.8 Å². The van der Waals surface area contributed by atoms with Gasteiger partial charge in [-0.05, 0) is 44.5 Å².